The van der Waals surface area contributed by atoms with Crippen LogP contribution in [0.15, 0.2) is 0 Å². The zero-order valence-corrected chi connectivity index (χ0v) is 12.6. The van der Waals surface area contributed by atoms with Crippen molar-refractivity contribution in [1.29, 1.82) is 0 Å². The Kier molecular flexibility index (Phi) is 4.51. The van der Waals surface area contributed by atoms with Gasteiger partial charge in [0.25, 0.3) is 0 Å². The molecule has 2 aliphatic rings. The number of aliphatic carboxylic acids is 1. The van der Waals surface area contributed by atoms with Gasteiger partial charge < -0.3 is 10.0 Å². The molecule has 2 fully saturated rings. The van der Waals surface area contributed by atoms with Gasteiger partial charge in [0.2, 0.25) is 0 Å². The highest BCUT2D eigenvalue weighted by Crippen LogP contribution is 2.40. The summed E-state index contributed by atoms with van der Waals surface area (Å²) in [7, 11) is 2.11. The topological polar surface area (TPSA) is 43.8 Å². The Morgan fingerprint density at radius 2 is 1.89 bits per heavy atom. The van der Waals surface area contributed by atoms with Crippen LogP contribution in [-0.2, 0) is 4.79 Å². The Bertz CT molecular complexity index is 324. The van der Waals surface area contributed by atoms with Gasteiger partial charge in [0, 0.05) is 26.2 Å². The minimum Gasteiger partial charge on any atom is -0.480 e. The maximum absolute atomic E-state index is 12.0. The molecule has 2 unspecified atom stereocenters. The van der Waals surface area contributed by atoms with E-state index in [0.29, 0.717) is 11.8 Å². The van der Waals surface area contributed by atoms with Crippen molar-refractivity contribution in [2.24, 2.45) is 11.8 Å². The summed E-state index contributed by atoms with van der Waals surface area (Å²) in [6, 6.07) is 0. The second kappa shape index (κ2) is 5.80. The van der Waals surface area contributed by atoms with Gasteiger partial charge in [-0.25, -0.2) is 0 Å². The van der Waals surface area contributed by atoms with E-state index in [1.807, 2.05) is 0 Å². The summed E-state index contributed by atoms with van der Waals surface area (Å²) >= 11 is 0. The molecule has 0 bridgehead atoms. The second-order valence-electron chi connectivity index (χ2n) is 6.73. The number of carboxylic acids is 1. The molecule has 0 aromatic heterocycles. The number of likely N-dealkylation sites (N-methyl/N-ethyl adjacent to an activating group) is 1. The third-order valence-corrected chi connectivity index (χ3v) is 5.21. The van der Waals surface area contributed by atoms with Crippen molar-refractivity contribution in [2.75, 3.05) is 33.2 Å². The first kappa shape index (κ1) is 14.8. The van der Waals surface area contributed by atoms with Crippen LogP contribution in [0.25, 0.3) is 0 Å². The van der Waals surface area contributed by atoms with Crippen molar-refractivity contribution in [2.45, 2.75) is 45.1 Å². The van der Waals surface area contributed by atoms with Crippen LogP contribution >= 0.6 is 0 Å². The molecular formula is C15H28N2O2. The molecule has 4 nitrogen and oxygen atoms in total. The number of hydrogen-bond acceptors (Lipinski definition) is 3. The van der Waals surface area contributed by atoms with E-state index in [4.69, 9.17) is 0 Å². The summed E-state index contributed by atoms with van der Waals surface area (Å²) in [5.74, 6) is 0.554. The minimum absolute atomic E-state index is 0.560. The van der Waals surface area contributed by atoms with Gasteiger partial charge in [0.05, 0.1) is 0 Å². The Labute approximate surface area is 116 Å². The lowest BCUT2D eigenvalue weighted by atomic mass is 9.70. The number of rotatable bonds is 3. The Morgan fingerprint density at radius 1 is 1.26 bits per heavy atom. The number of carboxylic acid groups (broad SMARTS) is 1. The normalized spacial score (nSPS) is 34.6. The third kappa shape index (κ3) is 2.95. The summed E-state index contributed by atoms with van der Waals surface area (Å²) in [5.41, 5.74) is -0.589. The second-order valence-corrected chi connectivity index (χ2v) is 6.73. The van der Waals surface area contributed by atoms with Gasteiger partial charge >= 0.3 is 5.97 Å². The zero-order valence-electron chi connectivity index (χ0n) is 12.6. The van der Waals surface area contributed by atoms with Gasteiger partial charge in [-0.1, -0.05) is 26.7 Å². The predicted octanol–water partition coefficient (Wildman–Crippen LogP) is 1.90. The first-order chi connectivity index (χ1) is 8.95. The third-order valence-electron chi connectivity index (χ3n) is 5.21. The fourth-order valence-corrected chi connectivity index (χ4v) is 3.71. The first-order valence-corrected chi connectivity index (χ1v) is 7.63. The summed E-state index contributed by atoms with van der Waals surface area (Å²) in [5, 5.41) is 9.85. The molecular weight excluding hydrogens is 240 g/mol. The molecule has 1 heterocycles. The zero-order chi connectivity index (χ0) is 14.0. The van der Waals surface area contributed by atoms with E-state index in [0.717, 1.165) is 45.4 Å². The quantitative estimate of drug-likeness (QED) is 0.849. The lowest BCUT2D eigenvalue weighted by Crippen LogP contribution is -2.62. The van der Waals surface area contributed by atoms with E-state index in [9.17, 15) is 9.90 Å². The van der Waals surface area contributed by atoms with Crippen LogP contribution in [0.4, 0.5) is 0 Å². The van der Waals surface area contributed by atoms with E-state index in [1.165, 1.54) is 6.42 Å². The number of carbonyl (C=O) groups is 1. The first-order valence-electron chi connectivity index (χ1n) is 7.63. The molecule has 0 aromatic carbocycles. The van der Waals surface area contributed by atoms with E-state index in [1.54, 1.807) is 0 Å². The summed E-state index contributed by atoms with van der Waals surface area (Å²) in [6.45, 7) is 8.23. The van der Waals surface area contributed by atoms with Crippen molar-refractivity contribution in [1.82, 2.24) is 9.80 Å². The molecule has 2 rings (SSSR count). The van der Waals surface area contributed by atoms with E-state index in [-0.39, 0.29) is 0 Å². The molecule has 0 radical (unpaired) electrons. The molecule has 0 aromatic rings. The Balaban J connectivity index is 2.15. The SMILES string of the molecule is CC(C)C1CCCC(C(=O)O)(N2CCN(C)CC2)C1. The number of piperazine rings is 1. The molecule has 1 saturated carbocycles. The summed E-state index contributed by atoms with van der Waals surface area (Å²) in [4.78, 5) is 16.5. The standard InChI is InChI=1S/C15H28N2O2/c1-12(2)13-5-4-6-15(11-13,14(18)19)17-9-7-16(3)8-10-17/h12-13H,4-11H2,1-3H3,(H,18,19). The van der Waals surface area contributed by atoms with Gasteiger partial charge in [-0.3, -0.25) is 9.69 Å². The van der Waals surface area contributed by atoms with Crippen molar-refractivity contribution < 1.29 is 9.90 Å². The van der Waals surface area contributed by atoms with Crippen LogP contribution in [0.1, 0.15) is 39.5 Å². The molecule has 1 aliphatic carbocycles. The van der Waals surface area contributed by atoms with Crippen molar-refractivity contribution in [3.05, 3.63) is 0 Å². The molecule has 0 spiro atoms. The average Bonchev–Trinajstić information content (AvgIpc) is 2.39. The molecule has 2 atom stereocenters. The summed E-state index contributed by atoms with van der Waals surface area (Å²) in [6.07, 6.45) is 3.92. The smallest absolute Gasteiger partial charge is 0.324 e. The van der Waals surface area contributed by atoms with Gasteiger partial charge in [0.15, 0.2) is 0 Å². The van der Waals surface area contributed by atoms with Crippen LogP contribution in [0, 0.1) is 11.8 Å². The van der Waals surface area contributed by atoms with E-state index in [2.05, 4.69) is 30.7 Å². The molecule has 110 valence electrons. The number of nitrogens with zero attached hydrogens (tertiary/aromatic N) is 2. The fourth-order valence-electron chi connectivity index (χ4n) is 3.71. The molecule has 1 aliphatic heterocycles. The van der Waals surface area contributed by atoms with Gasteiger partial charge in [-0.15, -0.1) is 0 Å². The molecule has 0 amide bonds. The Hall–Kier alpha value is -0.610. The van der Waals surface area contributed by atoms with Crippen LogP contribution in [0.3, 0.4) is 0 Å². The summed E-state index contributed by atoms with van der Waals surface area (Å²) < 4.78 is 0. The molecule has 1 N–H and O–H groups in total. The van der Waals surface area contributed by atoms with Gasteiger partial charge in [-0.2, -0.15) is 0 Å². The number of hydrogen-bond donors (Lipinski definition) is 1. The van der Waals surface area contributed by atoms with Crippen molar-refractivity contribution in [3.8, 4) is 0 Å². The monoisotopic (exact) mass is 268 g/mol. The largest absolute Gasteiger partial charge is 0.480 e. The molecule has 19 heavy (non-hydrogen) atoms. The Morgan fingerprint density at radius 3 is 2.42 bits per heavy atom. The van der Waals surface area contributed by atoms with E-state index >= 15 is 0 Å². The van der Waals surface area contributed by atoms with Gasteiger partial charge in [0.1, 0.15) is 5.54 Å². The minimum atomic E-state index is -0.595. The average molecular weight is 268 g/mol. The fraction of sp³-hybridized carbons (Fsp3) is 0.933. The highest BCUT2D eigenvalue weighted by molar-refractivity contribution is 5.79. The molecule has 4 heteroatoms. The highest BCUT2D eigenvalue weighted by Gasteiger charge is 2.48. The van der Waals surface area contributed by atoms with Gasteiger partial charge in [-0.05, 0) is 31.7 Å². The predicted molar refractivity (Wildman–Crippen MR) is 76.2 cm³/mol. The van der Waals surface area contributed by atoms with Crippen LogP contribution in [-0.4, -0.2) is 59.6 Å². The maximum Gasteiger partial charge on any atom is 0.324 e. The van der Waals surface area contributed by atoms with Crippen LogP contribution < -0.4 is 0 Å². The highest BCUT2D eigenvalue weighted by atomic mass is 16.4. The lowest BCUT2D eigenvalue weighted by Gasteiger charge is -2.49. The molecule has 1 saturated heterocycles. The van der Waals surface area contributed by atoms with Crippen LogP contribution in [0.2, 0.25) is 0 Å². The van der Waals surface area contributed by atoms with Crippen molar-refractivity contribution in [3.63, 3.8) is 0 Å². The van der Waals surface area contributed by atoms with Crippen molar-refractivity contribution >= 4 is 5.97 Å². The maximum atomic E-state index is 12.0. The van der Waals surface area contributed by atoms with E-state index < -0.39 is 11.5 Å². The van der Waals surface area contributed by atoms with Crippen LogP contribution in [0.5, 0.6) is 0 Å². The lowest BCUT2D eigenvalue weighted by molar-refractivity contribution is -0.157.